The van der Waals surface area contributed by atoms with Crippen molar-refractivity contribution in [1.29, 1.82) is 5.26 Å². The molecule has 106 valence electrons. The number of rotatable bonds is 4. The fourth-order valence-corrected chi connectivity index (χ4v) is 2.62. The molecule has 0 bridgehead atoms. The summed E-state index contributed by atoms with van der Waals surface area (Å²) in [6.07, 6.45) is 0. The van der Waals surface area contributed by atoms with Crippen LogP contribution in [-0.4, -0.2) is 23.8 Å². The normalized spacial score (nSPS) is 11.5. The SMILES string of the molecule is COC(=O)c1ccc(C(=O)C(C#N)c2nc(C)cs2)cc1. The Bertz CT molecular complexity index is 713. The summed E-state index contributed by atoms with van der Waals surface area (Å²) >= 11 is 1.29. The first kappa shape index (κ1) is 14.9. The zero-order valence-electron chi connectivity index (χ0n) is 11.5. The third kappa shape index (κ3) is 3.15. The maximum Gasteiger partial charge on any atom is 0.337 e. The van der Waals surface area contributed by atoms with Gasteiger partial charge in [0.1, 0.15) is 5.01 Å². The van der Waals surface area contributed by atoms with Crippen LogP contribution in [0.3, 0.4) is 0 Å². The molecule has 1 heterocycles. The number of aryl methyl sites for hydroxylation is 1. The Balaban J connectivity index is 2.26. The van der Waals surface area contributed by atoms with E-state index in [0.717, 1.165) is 5.69 Å². The van der Waals surface area contributed by atoms with Crippen molar-refractivity contribution in [3.8, 4) is 6.07 Å². The first-order chi connectivity index (χ1) is 10.1. The van der Waals surface area contributed by atoms with Crippen LogP contribution in [0, 0.1) is 18.3 Å². The summed E-state index contributed by atoms with van der Waals surface area (Å²) in [5.41, 5.74) is 1.50. The molecule has 0 aliphatic carbocycles. The molecule has 0 fully saturated rings. The summed E-state index contributed by atoms with van der Waals surface area (Å²) in [5, 5.41) is 11.5. The third-order valence-electron chi connectivity index (χ3n) is 2.87. The van der Waals surface area contributed by atoms with Crippen LogP contribution in [0.25, 0.3) is 0 Å². The fraction of sp³-hybridized carbons (Fsp3) is 0.200. The Morgan fingerprint density at radius 3 is 2.38 bits per heavy atom. The van der Waals surface area contributed by atoms with Crippen LogP contribution in [0.4, 0.5) is 0 Å². The van der Waals surface area contributed by atoms with Gasteiger partial charge in [0.15, 0.2) is 11.7 Å². The second kappa shape index (κ2) is 6.29. The Hall–Kier alpha value is -2.52. The van der Waals surface area contributed by atoms with Crippen molar-refractivity contribution < 1.29 is 14.3 Å². The highest BCUT2D eigenvalue weighted by Crippen LogP contribution is 2.24. The molecule has 2 rings (SSSR count). The number of ether oxygens (including phenoxy) is 1. The van der Waals surface area contributed by atoms with Crippen LogP contribution in [0.15, 0.2) is 29.6 Å². The lowest BCUT2D eigenvalue weighted by molar-refractivity contribution is 0.0600. The molecule has 0 aliphatic rings. The van der Waals surface area contributed by atoms with Crippen molar-refractivity contribution in [2.75, 3.05) is 7.11 Å². The van der Waals surface area contributed by atoms with Crippen molar-refractivity contribution in [1.82, 2.24) is 4.98 Å². The Kier molecular flexibility index (Phi) is 4.45. The van der Waals surface area contributed by atoms with Crippen molar-refractivity contribution >= 4 is 23.1 Å². The molecule has 2 aromatic rings. The van der Waals surface area contributed by atoms with E-state index < -0.39 is 11.9 Å². The number of methoxy groups -OCH3 is 1. The van der Waals surface area contributed by atoms with E-state index in [1.54, 1.807) is 5.38 Å². The van der Waals surface area contributed by atoms with Crippen LogP contribution in [-0.2, 0) is 4.74 Å². The second-order valence-corrected chi connectivity index (χ2v) is 5.21. The van der Waals surface area contributed by atoms with Crippen LogP contribution in [0.2, 0.25) is 0 Å². The van der Waals surface area contributed by atoms with E-state index in [4.69, 9.17) is 0 Å². The maximum absolute atomic E-state index is 12.4. The summed E-state index contributed by atoms with van der Waals surface area (Å²) in [6, 6.07) is 8.01. The zero-order valence-corrected chi connectivity index (χ0v) is 12.3. The number of nitrogens with zero attached hydrogens (tertiary/aromatic N) is 2. The van der Waals surface area contributed by atoms with Crippen molar-refractivity contribution in [3.05, 3.63) is 51.5 Å². The van der Waals surface area contributed by atoms with E-state index in [9.17, 15) is 14.9 Å². The molecule has 0 spiro atoms. The molecule has 5 nitrogen and oxygen atoms in total. The van der Waals surface area contributed by atoms with Crippen molar-refractivity contribution in [2.24, 2.45) is 0 Å². The second-order valence-electron chi connectivity index (χ2n) is 4.32. The summed E-state index contributed by atoms with van der Waals surface area (Å²) in [6.45, 7) is 1.81. The summed E-state index contributed by atoms with van der Waals surface area (Å²) in [7, 11) is 1.29. The fourth-order valence-electron chi connectivity index (χ4n) is 1.79. The number of nitriles is 1. The first-order valence-electron chi connectivity index (χ1n) is 6.11. The van der Waals surface area contributed by atoms with Crippen LogP contribution < -0.4 is 0 Å². The predicted octanol–water partition coefficient (Wildman–Crippen LogP) is 2.73. The van der Waals surface area contributed by atoms with Gasteiger partial charge in [-0.25, -0.2) is 9.78 Å². The van der Waals surface area contributed by atoms with E-state index in [1.165, 1.54) is 42.7 Å². The third-order valence-corrected chi connectivity index (χ3v) is 3.89. The molecular weight excluding hydrogens is 288 g/mol. The molecule has 1 aromatic carbocycles. The number of aromatic nitrogens is 1. The van der Waals surface area contributed by atoms with E-state index in [1.807, 2.05) is 13.0 Å². The van der Waals surface area contributed by atoms with Gasteiger partial charge in [-0.1, -0.05) is 12.1 Å². The molecular formula is C15H12N2O3S. The first-order valence-corrected chi connectivity index (χ1v) is 6.99. The number of benzene rings is 1. The largest absolute Gasteiger partial charge is 0.465 e. The number of esters is 1. The van der Waals surface area contributed by atoms with Gasteiger partial charge in [0.05, 0.1) is 18.7 Å². The monoisotopic (exact) mass is 300 g/mol. The minimum absolute atomic E-state index is 0.330. The smallest absolute Gasteiger partial charge is 0.337 e. The molecule has 1 unspecified atom stereocenters. The number of ketones is 1. The van der Waals surface area contributed by atoms with Crippen LogP contribution >= 0.6 is 11.3 Å². The molecule has 1 atom stereocenters. The van der Waals surface area contributed by atoms with Gasteiger partial charge in [-0.3, -0.25) is 4.79 Å². The number of carbonyl (C=O) groups is 2. The summed E-state index contributed by atoms with van der Waals surface area (Å²) < 4.78 is 4.59. The highest BCUT2D eigenvalue weighted by atomic mass is 32.1. The predicted molar refractivity (Wildman–Crippen MR) is 77.3 cm³/mol. The average Bonchev–Trinajstić information content (AvgIpc) is 2.93. The van der Waals surface area contributed by atoms with Gasteiger partial charge >= 0.3 is 5.97 Å². The van der Waals surface area contributed by atoms with E-state index >= 15 is 0 Å². The van der Waals surface area contributed by atoms with Gasteiger partial charge < -0.3 is 4.74 Å². The molecule has 0 amide bonds. The molecule has 6 heteroatoms. The number of Topliss-reactive ketones (excluding diaryl/α,β-unsaturated/α-hetero) is 1. The number of thiazole rings is 1. The number of carbonyl (C=O) groups excluding carboxylic acids is 2. The molecule has 0 aliphatic heterocycles. The summed E-state index contributed by atoms with van der Waals surface area (Å²) in [5.74, 6) is -1.72. The Morgan fingerprint density at radius 1 is 1.29 bits per heavy atom. The molecule has 1 aromatic heterocycles. The Labute approximate surface area is 125 Å². The quantitative estimate of drug-likeness (QED) is 0.640. The van der Waals surface area contributed by atoms with E-state index in [0.29, 0.717) is 16.1 Å². The van der Waals surface area contributed by atoms with Crippen LogP contribution in [0.5, 0.6) is 0 Å². The van der Waals surface area contributed by atoms with E-state index in [2.05, 4.69) is 9.72 Å². The minimum Gasteiger partial charge on any atom is -0.465 e. The zero-order chi connectivity index (χ0) is 15.4. The standard InChI is InChI=1S/C15H12N2O3S/c1-9-8-21-14(17-9)12(7-16)13(18)10-3-5-11(6-4-10)15(19)20-2/h3-6,8,12H,1-2H3. The number of hydrogen-bond donors (Lipinski definition) is 0. The van der Waals surface area contributed by atoms with Gasteiger partial charge in [0, 0.05) is 16.6 Å². The van der Waals surface area contributed by atoms with Crippen LogP contribution in [0.1, 0.15) is 37.3 Å². The highest BCUT2D eigenvalue weighted by Gasteiger charge is 2.24. The van der Waals surface area contributed by atoms with Crippen molar-refractivity contribution in [3.63, 3.8) is 0 Å². The Morgan fingerprint density at radius 2 is 1.90 bits per heavy atom. The number of hydrogen-bond acceptors (Lipinski definition) is 6. The lowest BCUT2D eigenvalue weighted by atomic mass is 9.98. The summed E-state index contributed by atoms with van der Waals surface area (Å²) in [4.78, 5) is 27.9. The minimum atomic E-state index is -0.923. The maximum atomic E-state index is 12.4. The van der Waals surface area contributed by atoms with Gasteiger partial charge in [-0.05, 0) is 19.1 Å². The van der Waals surface area contributed by atoms with E-state index in [-0.39, 0.29) is 5.78 Å². The van der Waals surface area contributed by atoms with Gasteiger partial charge in [0.2, 0.25) is 0 Å². The molecule has 0 saturated heterocycles. The van der Waals surface area contributed by atoms with Gasteiger partial charge in [-0.2, -0.15) is 5.26 Å². The van der Waals surface area contributed by atoms with Crippen molar-refractivity contribution in [2.45, 2.75) is 12.8 Å². The van der Waals surface area contributed by atoms with Gasteiger partial charge in [0.25, 0.3) is 0 Å². The lowest BCUT2D eigenvalue weighted by Crippen LogP contribution is -2.11. The average molecular weight is 300 g/mol. The highest BCUT2D eigenvalue weighted by molar-refractivity contribution is 7.10. The molecule has 0 saturated carbocycles. The lowest BCUT2D eigenvalue weighted by Gasteiger charge is -2.06. The molecule has 0 N–H and O–H groups in total. The van der Waals surface area contributed by atoms with Gasteiger partial charge in [-0.15, -0.1) is 11.3 Å². The molecule has 0 radical (unpaired) electrons. The topological polar surface area (TPSA) is 80.0 Å². The molecule has 21 heavy (non-hydrogen) atoms.